The van der Waals surface area contributed by atoms with E-state index in [0.717, 1.165) is 11.6 Å². The van der Waals surface area contributed by atoms with Gasteiger partial charge in [0.25, 0.3) is 0 Å². The zero-order valence-corrected chi connectivity index (χ0v) is 11.2. The van der Waals surface area contributed by atoms with Crippen LogP contribution >= 0.6 is 12.2 Å². The second-order valence-electron chi connectivity index (χ2n) is 5.13. The average molecular weight is 273 g/mol. The van der Waals surface area contributed by atoms with E-state index < -0.39 is 17.3 Å². The molecule has 5 heteroatoms. The average Bonchev–Trinajstić information content (AvgIpc) is 2.19. The van der Waals surface area contributed by atoms with Crippen molar-refractivity contribution in [2.75, 3.05) is 5.32 Å². The third kappa shape index (κ3) is 2.11. The van der Waals surface area contributed by atoms with Crippen LogP contribution in [0, 0.1) is 6.92 Å². The van der Waals surface area contributed by atoms with Crippen molar-refractivity contribution in [1.29, 1.82) is 0 Å². The Morgan fingerprint density at radius 1 is 1.28 bits per heavy atom. The molecular formula is C13H14F3NS. The van der Waals surface area contributed by atoms with Gasteiger partial charge in [-0.1, -0.05) is 18.3 Å². The largest absolute Gasteiger partial charge is 0.416 e. The van der Waals surface area contributed by atoms with Crippen LogP contribution in [0.4, 0.5) is 18.9 Å². The maximum atomic E-state index is 13.0. The Hall–Kier alpha value is -1.10. The zero-order valence-electron chi connectivity index (χ0n) is 10.4. The monoisotopic (exact) mass is 273 g/mol. The maximum Gasteiger partial charge on any atom is 0.416 e. The van der Waals surface area contributed by atoms with Crippen molar-refractivity contribution < 1.29 is 13.2 Å². The molecule has 0 aliphatic carbocycles. The molecule has 1 aromatic carbocycles. The minimum atomic E-state index is -4.34. The number of nitrogens with one attached hydrogen (secondary N) is 1. The summed E-state index contributed by atoms with van der Waals surface area (Å²) in [6, 6.07) is 2.63. The van der Waals surface area contributed by atoms with Crippen molar-refractivity contribution in [1.82, 2.24) is 0 Å². The molecule has 1 N–H and O–H groups in total. The van der Waals surface area contributed by atoms with E-state index in [-0.39, 0.29) is 12.0 Å². The van der Waals surface area contributed by atoms with Crippen LogP contribution in [0.3, 0.4) is 0 Å². The first kappa shape index (κ1) is 13.3. The predicted octanol–water partition coefficient (Wildman–Crippen LogP) is 4.13. The van der Waals surface area contributed by atoms with Crippen LogP contribution in [0.2, 0.25) is 0 Å². The normalized spacial score (nSPS) is 18.2. The van der Waals surface area contributed by atoms with Gasteiger partial charge in [0, 0.05) is 17.0 Å². The van der Waals surface area contributed by atoms with Crippen LogP contribution in [0.25, 0.3) is 0 Å². The van der Waals surface area contributed by atoms with E-state index >= 15 is 0 Å². The summed E-state index contributed by atoms with van der Waals surface area (Å²) in [6.07, 6.45) is -4.14. The first-order valence-electron chi connectivity index (χ1n) is 5.64. The van der Waals surface area contributed by atoms with Crippen LogP contribution in [-0.2, 0) is 12.6 Å². The molecule has 0 saturated heterocycles. The third-order valence-electron chi connectivity index (χ3n) is 3.30. The number of benzene rings is 1. The minimum absolute atomic E-state index is 0.196. The number of halogens is 3. The number of alkyl halides is 3. The fourth-order valence-corrected chi connectivity index (χ4v) is 2.35. The molecule has 1 aliphatic rings. The predicted molar refractivity (Wildman–Crippen MR) is 70.2 cm³/mol. The molecule has 0 fully saturated rings. The van der Waals surface area contributed by atoms with E-state index in [9.17, 15) is 13.2 Å². The Morgan fingerprint density at radius 2 is 1.89 bits per heavy atom. The van der Waals surface area contributed by atoms with Gasteiger partial charge in [0.15, 0.2) is 0 Å². The van der Waals surface area contributed by atoms with Crippen molar-refractivity contribution >= 4 is 22.8 Å². The Labute approximate surface area is 109 Å². The number of anilines is 1. The van der Waals surface area contributed by atoms with E-state index in [1.165, 1.54) is 6.07 Å². The minimum Gasteiger partial charge on any atom is -0.375 e. The Balaban J connectivity index is 2.64. The highest BCUT2D eigenvalue weighted by Crippen LogP contribution is 2.40. The van der Waals surface area contributed by atoms with Gasteiger partial charge in [-0.25, -0.2) is 0 Å². The first-order chi connectivity index (χ1) is 8.13. The smallest absolute Gasteiger partial charge is 0.375 e. The Kier molecular flexibility index (Phi) is 2.93. The summed E-state index contributed by atoms with van der Waals surface area (Å²) >= 11 is 5.21. The number of aryl methyl sites for hydroxylation is 1. The van der Waals surface area contributed by atoms with Gasteiger partial charge in [-0.2, -0.15) is 13.2 Å². The number of rotatable bonds is 0. The third-order valence-corrected chi connectivity index (χ3v) is 3.95. The lowest BCUT2D eigenvalue weighted by atomic mass is 9.85. The lowest BCUT2D eigenvalue weighted by Gasteiger charge is -2.36. The van der Waals surface area contributed by atoms with Crippen molar-refractivity contribution in [3.05, 3.63) is 28.8 Å². The fourth-order valence-electron chi connectivity index (χ4n) is 2.15. The fraction of sp³-hybridized carbons (Fsp3) is 0.462. The van der Waals surface area contributed by atoms with Gasteiger partial charge in [0.1, 0.15) is 0 Å². The van der Waals surface area contributed by atoms with Gasteiger partial charge in [0.2, 0.25) is 0 Å². The molecule has 1 nitrogen and oxygen atoms in total. The molecule has 0 atom stereocenters. The molecule has 1 heterocycles. The highest BCUT2D eigenvalue weighted by molar-refractivity contribution is 7.80. The molecule has 0 spiro atoms. The molecule has 98 valence electrons. The first-order valence-corrected chi connectivity index (χ1v) is 6.05. The summed E-state index contributed by atoms with van der Waals surface area (Å²) in [5, 5.41) is 3.13. The van der Waals surface area contributed by atoms with Crippen molar-refractivity contribution in [2.45, 2.75) is 38.9 Å². The summed E-state index contributed by atoms with van der Waals surface area (Å²) in [6.45, 7) is 5.58. The molecule has 0 bridgehead atoms. The highest BCUT2D eigenvalue weighted by atomic mass is 32.1. The van der Waals surface area contributed by atoms with Crippen LogP contribution < -0.4 is 5.32 Å². The summed E-state index contributed by atoms with van der Waals surface area (Å²) < 4.78 is 38.9. The second kappa shape index (κ2) is 3.95. The molecule has 1 aliphatic heterocycles. The Morgan fingerprint density at radius 3 is 2.44 bits per heavy atom. The van der Waals surface area contributed by atoms with E-state index in [0.29, 0.717) is 10.6 Å². The van der Waals surface area contributed by atoms with Crippen LogP contribution in [0.1, 0.15) is 30.5 Å². The van der Waals surface area contributed by atoms with E-state index in [4.69, 9.17) is 12.2 Å². The lowest BCUT2D eigenvalue weighted by molar-refractivity contribution is -0.138. The standard InChI is InChI=1S/C13H14F3NS/c1-7-4-5-9(13(14,15)16)8-6-10(18)12(2,3)17-11(7)8/h4-5,17H,6H2,1-3H3. The number of hydrogen-bond acceptors (Lipinski definition) is 2. The van der Waals surface area contributed by atoms with Gasteiger partial charge in [-0.15, -0.1) is 0 Å². The number of hydrogen-bond donors (Lipinski definition) is 1. The molecule has 0 saturated carbocycles. The van der Waals surface area contributed by atoms with E-state index in [1.54, 1.807) is 6.92 Å². The van der Waals surface area contributed by atoms with Crippen LogP contribution in [0.5, 0.6) is 0 Å². The number of fused-ring (bicyclic) bond motifs is 1. The summed E-state index contributed by atoms with van der Waals surface area (Å²) in [7, 11) is 0. The quantitative estimate of drug-likeness (QED) is 0.713. The van der Waals surface area contributed by atoms with Gasteiger partial charge in [0.05, 0.1) is 11.1 Å². The summed E-state index contributed by atoms with van der Waals surface area (Å²) in [4.78, 5) is 0.603. The molecular weight excluding hydrogens is 259 g/mol. The molecule has 0 aromatic heterocycles. The van der Waals surface area contributed by atoms with E-state index in [2.05, 4.69) is 5.32 Å². The van der Waals surface area contributed by atoms with Gasteiger partial charge in [-0.05, 0) is 38.0 Å². The lowest BCUT2D eigenvalue weighted by Crippen LogP contribution is -2.44. The topological polar surface area (TPSA) is 12.0 Å². The Bertz CT molecular complexity index is 518. The second-order valence-corrected chi connectivity index (χ2v) is 5.62. The molecule has 1 aromatic rings. The van der Waals surface area contributed by atoms with Gasteiger partial charge in [-0.3, -0.25) is 0 Å². The van der Waals surface area contributed by atoms with Crippen molar-refractivity contribution in [3.63, 3.8) is 0 Å². The van der Waals surface area contributed by atoms with Gasteiger partial charge >= 0.3 is 6.18 Å². The molecule has 18 heavy (non-hydrogen) atoms. The van der Waals surface area contributed by atoms with Crippen LogP contribution in [0.15, 0.2) is 12.1 Å². The molecule has 2 rings (SSSR count). The molecule has 0 amide bonds. The van der Waals surface area contributed by atoms with E-state index in [1.807, 2.05) is 13.8 Å². The highest BCUT2D eigenvalue weighted by Gasteiger charge is 2.39. The molecule has 0 radical (unpaired) electrons. The number of thiocarbonyl (C=S) groups is 1. The summed E-state index contributed by atoms with van der Waals surface area (Å²) in [5.74, 6) is 0. The van der Waals surface area contributed by atoms with Crippen molar-refractivity contribution in [3.8, 4) is 0 Å². The van der Waals surface area contributed by atoms with Crippen LogP contribution in [-0.4, -0.2) is 10.4 Å². The summed E-state index contributed by atoms with van der Waals surface area (Å²) in [5.41, 5.74) is 0.620. The zero-order chi connectivity index (χ0) is 13.7. The maximum absolute atomic E-state index is 13.0. The van der Waals surface area contributed by atoms with Crippen molar-refractivity contribution in [2.24, 2.45) is 0 Å². The SMILES string of the molecule is Cc1ccc(C(F)(F)F)c2c1NC(C)(C)C(=S)C2. The molecule has 0 unspecified atom stereocenters. The van der Waals surface area contributed by atoms with Gasteiger partial charge < -0.3 is 5.32 Å².